The minimum Gasteiger partial charge on any atom is -0.496 e. The molecule has 1 atom stereocenters. The normalized spacial score (nSPS) is 11.7. The maximum absolute atomic E-state index is 12.4. The molecular formula is C17H17ClN2O4. The Labute approximate surface area is 144 Å². The Kier molecular flexibility index (Phi) is 5.41. The van der Waals surface area contributed by atoms with E-state index in [0.717, 1.165) is 17.2 Å². The molecule has 0 bridgehead atoms. The number of carbonyl (C=O) groups excluding carboxylic acids is 1. The number of halogens is 1. The van der Waals surface area contributed by atoms with E-state index in [1.165, 1.54) is 12.1 Å². The van der Waals surface area contributed by atoms with Gasteiger partial charge >= 0.3 is 0 Å². The lowest BCUT2D eigenvalue weighted by molar-refractivity contribution is -0.384. The van der Waals surface area contributed by atoms with Gasteiger partial charge in [-0.3, -0.25) is 14.9 Å². The number of non-ortho nitro benzene ring substituents is 1. The summed E-state index contributed by atoms with van der Waals surface area (Å²) in [6.07, 6.45) is 0. The van der Waals surface area contributed by atoms with Crippen molar-refractivity contribution in [3.63, 3.8) is 0 Å². The number of nitro groups is 1. The van der Waals surface area contributed by atoms with E-state index in [1.54, 1.807) is 7.11 Å². The molecular weight excluding hydrogens is 332 g/mol. The van der Waals surface area contributed by atoms with Crippen LogP contribution in [0.3, 0.4) is 0 Å². The van der Waals surface area contributed by atoms with Crippen LogP contribution >= 0.6 is 11.6 Å². The average Bonchev–Trinajstić information content (AvgIpc) is 2.54. The molecule has 1 amide bonds. The fourth-order valence-corrected chi connectivity index (χ4v) is 2.61. The van der Waals surface area contributed by atoms with Gasteiger partial charge in [-0.1, -0.05) is 29.3 Å². The number of nitro benzene ring substituents is 1. The zero-order valence-electron chi connectivity index (χ0n) is 13.5. The molecule has 0 radical (unpaired) electrons. The lowest BCUT2D eigenvalue weighted by Crippen LogP contribution is -2.27. The lowest BCUT2D eigenvalue weighted by Gasteiger charge is -2.18. The highest BCUT2D eigenvalue weighted by Gasteiger charge is 2.19. The van der Waals surface area contributed by atoms with Crippen molar-refractivity contribution in [3.8, 4) is 5.75 Å². The van der Waals surface area contributed by atoms with Gasteiger partial charge in [-0.05, 0) is 26.0 Å². The monoisotopic (exact) mass is 348 g/mol. The van der Waals surface area contributed by atoms with Crippen molar-refractivity contribution >= 4 is 23.2 Å². The van der Waals surface area contributed by atoms with Crippen LogP contribution in [0, 0.1) is 17.0 Å². The highest BCUT2D eigenvalue weighted by Crippen LogP contribution is 2.27. The quantitative estimate of drug-likeness (QED) is 0.652. The standard InChI is InChI=1S/C17H17ClN2O4/c1-10-4-7-16(24-3)14(8-10)11(2)19-17(21)13-6-5-12(20(22)23)9-15(13)18/h4-9,11H,1-3H3,(H,19,21)/t11-/m0/s1. The highest BCUT2D eigenvalue weighted by molar-refractivity contribution is 6.34. The molecule has 0 aliphatic rings. The smallest absolute Gasteiger partial charge is 0.270 e. The summed E-state index contributed by atoms with van der Waals surface area (Å²) in [4.78, 5) is 22.6. The number of nitrogens with one attached hydrogen (secondary N) is 1. The third-order valence-corrected chi connectivity index (χ3v) is 3.92. The number of nitrogens with zero attached hydrogens (tertiary/aromatic N) is 1. The van der Waals surface area contributed by atoms with Crippen molar-refractivity contribution in [2.45, 2.75) is 19.9 Å². The van der Waals surface area contributed by atoms with E-state index < -0.39 is 10.8 Å². The van der Waals surface area contributed by atoms with Crippen LogP contribution in [0.4, 0.5) is 5.69 Å². The zero-order chi connectivity index (χ0) is 17.9. The molecule has 7 heteroatoms. The second kappa shape index (κ2) is 7.31. The van der Waals surface area contributed by atoms with Crippen LogP contribution in [0.25, 0.3) is 0 Å². The predicted octanol–water partition coefficient (Wildman–Crippen LogP) is 4.06. The van der Waals surface area contributed by atoms with Gasteiger partial charge in [0.2, 0.25) is 0 Å². The fraction of sp³-hybridized carbons (Fsp3) is 0.235. The maximum atomic E-state index is 12.4. The maximum Gasteiger partial charge on any atom is 0.270 e. The Balaban J connectivity index is 2.23. The first-order valence-electron chi connectivity index (χ1n) is 7.23. The molecule has 6 nitrogen and oxygen atoms in total. The zero-order valence-corrected chi connectivity index (χ0v) is 14.3. The SMILES string of the molecule is COc1ccc(C)cc1[C@H](C)NC(=O)c1ccc([N+](=O)[O-])cc1Cl. The van der Waals surface area contributed by atoms with Crippen molar-refractivity contribution in [1.82, 2.24) is 5.32 Å². The number of amides is 1. The Hall–Kier alpha value is -2.60. The Morgan fingerprint density at radius 3 is 2.58 bits per heavy atom. The molecule has 0 saturated heterocycles. The number of hydrogen-bond acceptors (Lipinski definition) is 4. The van der Waals surface area contributed by atoms with Crippen molar-refractivity contribution < 1.29 is 14.5 Å². The Bertz CT molecular complexity index is 792. The molecule has 126 valence electrons. The third kappa shape index (κ3) is 3.83. The topological polar surface area (TPSA) is 81.5 Å². The largest absolute Gasteiger partial charge is 0.496 e. The van der Waals surface area contributed by atoms with Crippen LogP contribution in [-0.4, -0.2) is 17.9 Å². The molecule has 0 fully saturated rings. The molecule has 0 aliphatic heterocycles. The summed E-state index contributed by atoms with van der Waals surface area (Å²) in [6.45, 7) is 3.78. The minimum absolute atomic E-state index is 0.0325. The Morgan fingerprint density at radius 1 is 1.29 bits per heavy atom. The number of hydrogen-bond donors (Lipinski definition) is 1. The van der Waals surface area contributed by atoms with E-state index in [-0.39, 0.29) is 22.3 Å². The second-order valence-corrected chi connectivity index (χ2v) is 5.77. The molecule has 0 unspecified atom stereocenters. The summed E-state index contributed by atoms with van der Waals surface area (Å²) in [5, 5.41) is 13.6. The molecule has 2 rings (SSSR count). The summed E-state index contributed by atoms with van der Waals surface area (Å²) in [5.74, 6) is 0.258. The first-order valence-corrected chi connectivity index (χ1v) is 7.60. The average molecular weight is 349 g/mol. The van der Waals surface area contributed by atoms with Crippen LogP contribution in [0.15, 0.2) is 36.4 Å². The molecule has 0 heterocycles. The number of benzene rings is 2. The van der Waals surface area contributed by atoms with Gasteiger partial charge in [0.25, 0.3) is 11.6 Å². The van der Waals surface area contributed by atoms with E-state index in [9.17, 15) is 14.9 Å². The van der Waals surface area contributed by atoms with Crippen LogP contribution in [0.1, 0.15) is 34.5 Å². The van der Waals surface area contributed by atoms with Crippen LogP contribution in [0.5, 0.6) is 5.75 Å². The molecule has 2 aromatic rings. The minimum atomic E-state index is -0.562. The predicted molar refractivity (Wildman–Crippen MR) is 91.7 cm³/mol. The highest BCUT2D eigenvalue weighted by atomic mass is 35.5. The van der Waals surface area contributed by atoms with Crippen LogP contribution in [-0.2, 0) is 0 Å². The lowest BCUT2D eigenvalue weighted by atomic mass is 10.0. The van der Waals surface area contributed by atoms with E-state index >= 15 is 0 Å². The van der Waals surface area contributed by atoms with Gasteiger partial charge in [0.1, 0.15) is 5.75 Å². The number of carbonyl (C=O) groups is 1. The summed E-state index contributed by atoms with van der Waals surface area (Å²) in [6, 6.07) is 9.12. The van der Waals surface area contributed by atoms with Crippen molar-refractivity contribution in [3.05, 3.63) is 68.2 Å². The van der Waals surface area contributed by atoms with Gasteiger partial charge in [0.15, 0.2) is 0 Å². The third-order valence-electron chi connectivity index (χ3n) is 3.61. The number of ether oxygens (including phenoxy) is 1. The molecule has 24 heavy (non-hydrogen) atoms. The first-order chi connectivity index (χ1) is 11.3. The molecule has 2 aromatic carbocycles. The molecule has 1 N–H and O–H groups in total. The number of methoxy groups -OCH3 is 1. The van der Waals surface area contributed by atoms with E-state index in [2.05, 4.69) is 5.32 Å². The van der Waals surface area contributed by atoms with E-state index in [1.807, 2.05) is 32.0 Å². The Morgan fingerprint density at radius 2 is 2.00 bits per heavy atom. The molecule has 0 aliphatic carbocycles. The van der Waals surface area contributed by atoms with Crippen molar-refractivity contribution in [1.29, 1.82) is 0 Å². The van der Waals surface area contributed by atoms with Crippen LogP contribution in [0.2, 0.25) is 5.02 Å². The number of aryl methyl sites for hydroxylation is 1. The van der Waals surface area contributed by atoms with Gasteiger partial charge in [-0.2, -0.15) is 0 Å². The van der Waals surface area contributed by atoms with E-state index in [4.69, 9.17) is 16.3 Å². The van der Waals surface area contributed by atoms with E-state index in [0.29, 0.717) is 5.75 Å². The van der Waals surface area contributed by atoms with Gasteiger partial charge in [0.05, 0.1) is 28.7 Å². The summed E-state index contributed by atoms with van der Waals surface area (Å²) in [7, 11) is 1.57. The van der Waals surface area contributed by atoms with Crippen molar-refractivity contribution in [2.75, 3.05) is 7.11 Å². The van der Waals surface area contributed by atoms with Gasteiger partial charge in [0, 0.05) is 17.7 Å². The summed E-state index contributed by atoms with van der Waals surface area (Å²) >= 11 is 5.99. The van der Waals surface area contributed by atoms with Crippen molar-refractivity contribution in [2.24, 2.45) is 0 Å². The molecule has 0 aromatic heterocycles. The summed E-state index contributed by atoms with van der Waals surface area (Å²) in [5.41, 5.74) is 1.90. The van der Waals surface area contributed by atoms with Crippen LogP contribution < -0.4 is 10.1 Å². The number of rotatable bonds is 5. The van der Waals surface area contributed by atoms with Gasteiger partial charge in [-0.15, -0.1) is 0 Å². The second-order valence-electron chi connectivity index (χ2n) is 5.36. The molecule has 0 spiro atoms. The molecule has 0 saturated carbocycles. The van der Waals surface area contributed by atoms with Gasteiger partial charge in [-0.25, -0.2) is 0 Å². The van der Waals surface area contributed by atoms with Gasteiger partial charge < -0.3 is 10.1 Å². The summed E-state index contributed by atoms with van der Waals surface area (Å²) < 4.78 is 5.32. The first kappa shape index (κ1) is 17.7. The fourth-order valence-electron chi connectivity index (χ4n) is 2.35.